The SMILES string of the molecule is CCCCCCCC/C=C/CCCCCCC(C)N(C(N)=O)C1(C(CCCNC(=O)C2OC(C)(C)OCC2(C)C)C(=O)O)CCCCC1. The van der Waals surface area contributed by atoms with E-state index in [9.17, 15) is 19.5 Å². The Kier molecular flexibility index (Phi) is 18.5. The second kappa shape index (κ2) is 21.2. The highest BCUT2D eigenvalue weighted by atomic mass is 16.7. The van der Waals surface area contributed by atoms with E-state index in [0.717, 1.165) is 51.4 Å². The molecule has 3 amide bonds. The standard InChI is InChI=1S/C39H71N3O6/c1-7-8-9-10-11-12-13-14-15-16-17-18-19-21-25-31(2)42(36(40)46)39(27-22-20-23-28-39)32(35(44)45)26-24-29-41-34(43)33-37(3,4)30-47-38(5,6)48-33/h14-15,31-33H,7-13,16-30H2,1-6H3,(H2,40,46)(H,41,43)(H,44,45)/b15-14+. The third-order valence-electron chi connectivity index (χ3n) is 10.6. The van der Waals surface area contributed by atoms with Gasteiger partial charge in [0.05, 0.1) is 18.1 Å². The number of aliphatic carboxylic acids is 1. The molecule has 2 fully saturated rings. The molecule has 1 aliphatic carbocycles. The van der Waals surface area contributed by atoms with E-state index in [1.54, 1.807) is 18.7 Å². The number of carboxylic acids is 1. The normalized spacial score (nSPS) is 21.4. The highest BCUT2D eigenvalue weighted by Gasteiger charge is 2.51. The summed E-state index contributed by atoms with van der Waals surface area (Å²) in [7, 11) is 0. The molecule has 1 saturated carbocycles. The summed E-state index contributed by atoms with van der Waals surface area (Å²) in [6.07, 6.45) is 24.3. The lowest BCUT2D eigenvalue weighted by molar-refractivity contribution is -0.304. The number of unbranched alkanes of at least 4 members (excludes halogenated alkanes) is 10. The summed E-state index contributed by atoms with van der Waals surface area (Å²) in [5, 5.41) is 13.5. The van der Waals surface area contributed by atoms with Crippen molar-refractivity contribution in [2.24, 2.45) is 17.1 Å². The number of nitrogens with one attached hydrogen (secondary N) is 1. The number of nitrogens with zero attached hydrogens (tertiary/aromatic N) is 1. The molecular formula is C39H71N3O6. The van der Waals surface area contributed by atoms with Crippen molar-refractivity contribution in [2.75, 3.05) is 13.2 Å². The Morgan fingerprint density at radius 2 is 1.46 bits per heavy atom. The van der Waals surface area contributed by atoms with Gasteiger partial charge in [-0.05, 0) is 78.6 Å². The van der Waals surface area contributed by atoms with E-state index in [0.29, 0.717) is 38.8 Å². The van der Waals surface area contributed by atoms with Crippen LogP contribution in [0.15, 0.2) is 12.2 Å². The fourth-order valence-electron chi connectivity index (χ4n) is 7.81. The van der Waals surface area contributed by atoms with Crippen LogP contribution in [0.1, 0.15) is 170 Å². The summed E-state index contributed by atoms with van der Waals surface area (Å²) in [6, 6.07) is -0.670. The number of primary amides is 1. The molecule has 3 unspecified atom stereocenters. The van der Waals surface area contributed by atoms with Crippen LogP contribution in [-0.2, 0) is 19.1 Å². The fourth-order valence-corrected chi connectivity index (χ4v) is 7.81. The van der Waals surface area contributed by atoms with Crippen molar-refractivity contribution in [3.8, 4) is 0 Å². The van der Waals surface area contributed by atoms with Crippen molar-refractivity contribution in [1.82, 2.24) is 10.2 Å². The Morgan fingerprint density at radius 1 is 0.875 bits per heavy atom. The predicted molar refractivity (Wildman–Crippen MR) is 194 cm³/mol. The van der Waals surface area contributed by atoms with Crippen LogP contribution in [0.5, 0.6) is 0 Å². The molecule has 3 atom stereocenters. The average molecular weight is 678 g/mol. The summed E-state index contributed by atoms with van der Waals surface area (Å²) < 4.78 is 11.7. The first kappa shape index (κ1) is 42.0. The first-order valence-electron chi connectivity index (χ1n) is 19.3. The number of ether oxygens (including phenoxy) is 2. The van der Waals surface area contributed by atoms with E-state index in [2.05, 4.69) is 24.4 Å². The van der Waals surface area contributed by atoms with Crippen molar-refractivity contribution in [1.29, 1.82) is 0 Å². The molecule has 2 rings (SSSR count). The third kappa shape index (κ3) is 13.6. The van der Waals surface area contributed by atoms with Crippen molar-refractivity contribution in [3.05, 3.63) is 12.2 Å². The van der Waals surface area contributed by atoms with Crippen molar-refractivity contribution >= 4 is 17.9 Å². The molecule has 0 aromatic heterocycles. The van der Waals surface area contributed by atoms with Gasteiger partial charge in [0.15, 0.2) is 5.79 Å². The molecule has 0 radical (unpaired) electrons. The molecule has 4 N–H and O–H groups in total. The molecule has 48 heavy (non-hydrogen) atoms. The molecule has 1 aliphatic heterocycles. The molecule has 278 valence electrons. The quantitative estimate of drug-likeness (QED) is 0.0731. The summed E-state index contributed by atoms with van der Waals surface area (Å²) in [4.78, 5) is 40.8. The summed E-state index contributed by atoms with van der Waals surface area (Å²) >= 11 is 0. The van der Waals surface area contributed by atoms with Crippen LogP contribution in [0.25, 0.3) is 0 Å². The largest absolute Gasteiger partial charge is 0.481 e. The maximum atomic E-state index is 13.1. The monoisotopic (exact) mass is 678 g/mol. The minimum atomic E-state index is -0.901. The average Bonchev–Trinajstić information content (AvgIpc) is 3.02. The minimum absolute atomic E-state index is 0.143. The smallest absolute Gasteiger partial charge is 0.315 e. The zero-order valence-corrected chi connectivity index (χ0v) is 31.5. The molecule has 2 aliphatic rings. The molecule has 0 bridgehead atoms. The zero-order valence-electron chi connectivity index (χ0n) is 31.5. The van der Waals surface area contributed by atoms with E-state index in [1.165, 1.54) is 51.4 Å². The molecule has 0 spiro atoms. The molecule has 0 aromatic carbocycles. The number of hydrogen-bond acceptors (Lipinski definition) is 5. The molecule has 9 nitrogen and oxygen atoms in total. The highest BCUT2D eigenvalue weighted by molar-refractivity contribution is 5.82. The first-order chi connectivity index (χ1) is 22.8. The summed E-state index contributed by atoms with van der Waals surface area (Å²) in [5.41, 5.74) is 4.76. The summed E-state index contributed by atoms with van der Waals surface area (Å²) in [6.45, 7) is 12.5. The van der Waals surface area contributed by atoms with Crippen LogP contribution >= 0.6 is 0 Å². The van der Waals surface area contributed by atoms with Crippen LogP contribution in [0.4, 0.5) is 4.79 Å². The fraction of sp³-hybridized carbons (Fsp3) is 0.872. The van der Waals surface area contributed by atoms with Gasteiger partial charge in [0.2, 0.25) is 5.91 Å². The Morgan fingerprint density at radius 3 is 2.04 bits per heavy atom. The number of amides is 3. The molecule has 1 heterocycles. The van der Waals surface area contributed by atoms with Gasteiger partial charge in [-0.3, -0.25) is 9.59 Å². The number of carbonyl (C=O) groups is 3. The van der Waals surface area contributed by atoms with E-state index in [1.807, 2.05) is 20.8 Å². The van der Waals surface area contributed by atoms with Crippen LogP contribution < -0.4 is 11.1 Å². The maximum Gasteiger partial charge on any atom is 0.315 e. The van der Waals surface area contributed by atoms with E-state index >= 15 is 0 Å². The number of carbonyl (C=O) groups excluding carboxylic acids is 2. The van der Waals surface area contributed by atoms with Gasteiger partial charge in [-0.15, -0.1) is 0 Å². The van der Waals surface area contributed by atoms with E-state index < -0.39 is 40.8 Å². The number of nitrogens with two attached hydrogens (primary N) is 1. The lowest BCUT2D eigenvalue weighted by Gasteiger charge is -2.51. The van der Waals surface area contributed by atoms with Crippen LogP contribution in [-0.4, -0.2) is 64.5 Å². The Bertz CT molecular complexity index is 990. The Hall–Kier alpha value is -2.13. The second-order valence-electron chi connectivity index (χ2n) is 15.7. The number of urea groups is 1. The van der Waals surface area contributed by atoms with E-state index in [-0.39, 0.29) is 11.9 Å². The van der Waals surface area contributed by atoms with Gasteiger partial charge in [0.25, 0.3) is 0 Å². The summed E-state index contributed by atoms with van der Waals surface area (Å²) in [5.74, 6) is -2.73. The maximum absolute atomic E-state index is 13.1. The topological polar surface area (TPSA) is 131 Å². The first-order valence-corrected chi connectivity index (χ1v) is 19.3. The van der Waals surface area contributed by atoms with Crippen LogP contribution in [0.3, 0.4) is 0 Å². The Labute approximate surface area is 292 Å². The van der Waals surface area contributed by atoms with Crippen LogP contribution in [0, 0.1) is 11.3 Å². The number of rotatable bonds is 23. The number of hydrogen-bond donors (Lipinski definition) is 3. The second-order valence-corrected chi connectivity index (χ2v) is 15.7. The third-order valence-corrected chi connectivity index (χ3v) is 10.6. The van der Waals surface area contributed by atoms with Gasteiger partial charge in [0, 0.05) is 18.0 Å². The number of allylic oxidation sites excluding steroid dienone is 2. The molecule has 9 heteroatoms. The lowest BCUT2D eigenvalue weighted by Crippen LogP contribution is -2.63. The van der Waals surface area contributed by atoms with Crippen molar-refractivity contribution < 1.29 is 29.0 Å². The lowest BCUT2D eigenvalue weighted by atomic mass is 9.69. The molecule has 0 aromatic rings. The van der Waals surface area contributed by atoms with Gasteiger partial charge >= 0.3 is 12.0 Å². The van der Waals surface area contributed by atoms with Gasteiger partial charge in [-0.25, -0.2) is 4.79 Å². The van der Waals surface area contributed by atoms with Gasteiger partial charge < -0.3 is 30.5 Å². The predicted octanol–water partition coefficient (Wildman–Crippen LogP) is 8.88. The Balaban J connectivity index is 1.90. The number of carboxylic acid groups (broad SMARTS) is 1. The van der Waals surface area contributed by atoms with Crippen molar-refractivity contribution in [3.63, 3.8) is 0 Å². The highest BCUT2D eigenvalue weighted by Crippen LogP contribution is 2.43. The molecule has 1 saturated heterocycles. The van der Waals surface area contributed by atoms with Crippen molar-refractivity contribution in [2.45, 2.75) is 193 Å². The van der Waals surface area contributed by atoms with Gasteiger partial charge in [-0.2, -0.15) is 0 Å². The van der Waals surface area contributed by atoms with Gasteiger partial charge in [-0.1, -0.05) is 104 Å². The van der Waals surface area contributed by atoms with Crippen LogP contribution in [0.2, 0.25) is 0 Å². The minimum Gasteiger partial charge on any atom is -0.481 e. The zero-order chi connectivity index (χ0) is 35.6. The van der Waals surface area contributed by atoms with E-state index in [4.69, 9.17) is 15.2 Å². The molecular weight excluding hydrogens is 606 g/mol. The van der Waals surface area contributed by atoms with Gasteiger partial charge in [0.1, 0.15) is 6.10 Å².